The summed E-state index contributed by atoms with van der Waals surface area (Å²) < 4.78 is 33.9. The Hall–Kier alpha value is -6.39. The highest BCUT2D eigenvalue weighted by Crippen LogP contribution is 2.43. The van der Waals surface area contributed by atoms with Crippen LogP contribution >= 0.6 is 0 Å². The molecule has 2 fully saturated rings. The minimum atomic E-state index is -0.766. The molecule has 0 bridgehead atoms. The zero-order chi connectivity index (χ0) is 42.4. The molecule has 3 aromatic heterocycles. The van der Waals surface area contributed by atoms with E-state index in [4.69, 9.17) is 19.2 Å². The van der Waals surface area contributed by atoms with E-state index in [1.807, 2.05) is 56.5 Å². The number of nitrogens with zero attached hydrogens (tertiary/aromatic N) is 5. The third-order valence-corrected chi connectivity index (χ3v) is 11.9. The van der Waals surface area contributed by atoms with Crippen LogP contribution in [0.2, 0.25) is 0 Å². The number of benzene rings is 2. The number of aromatic amines is 2. The summed E-state index contributed by atoms with van der Waals surface area (Å²) in [5.41, 5.74) is 4.78. The molecule has 3 aliphatic rings. The van der Waals surface area contributed by atoms with E-state index in [-0.39, 0.29) is 42.5 Å². The molecule has 2 saturated heterocycles. The van der Waals surface area contributed by atoms with Gasteiger partial charge in [0.25, 0.3) is 0 Å². The van der Waals surface area contributed by atoms with Gasteiger partial charge in [-0.3, -0.25) is 9.59 Å². The van der Waals surface area contributed by atoms with Crippen molar-refractivity contribution in [3.63, 3.8) is 0 Å². The number of carbonyl (C=O) groups excluding carboxylic acids is 4. The molecule has 4 N–H and O–H groups in total. The summed E-state index contributed by atoms with van der Waals surface area (Å²) in [6.07, 6.45) is 5.00. The lowest BCUT2D eigenvalue weighted by Crippen LogP contribution is -2.51. The number of ether oxygens (including phenoxy) is 3. The topological polar surface area (TPSA) is 189 Å². The average molecular weight is 824 g/mol. The molecule has 316 valence electrons. The Morgan fingerprint density at radius 2 is 1.35 bits per heavy atom. The second-order valence-corrected chi connectivity index (χ2v) is 16.3. The van der Waals surface area contributed by atoms with Gasteiger partial charge in [-0.25, -0.2) is 23.9 Å². The number of H-pyrrole nitrogens is 2. The molecule has 0 unspecified atom stereocenters. The average Bonchev–Trinajstić information content (AvgIpc) is 4.09. The molecule has 0 radical (unpaired) electrons. The van der Waals surface area contributed by atoms with Crippen LogP contribution in [0.5, 0.6) is 5.75 Å². The van der Waals surface area contributed by atoms with Crippen molar-refractivity contribution >= 4 is 34.9 Å². The van der Waals surface area contributed by atoms with E-state index in [1.54, 1.807) is 28.3 Å². The number of halogens is 1. The fourth-order valence-corrected chi connectivity index (χ4v) is 8.70. The Morgan fingerprint density at radius 3 is 1.92 bits per heavy atom. The second-order valence-electron chi connectivity index (χ2n) is 16.3. The van der Waals surface area contributed by atoms with Crippen LogP contribution in [0.3, 0.4) is 0 Å². The molecule has 0 aliphatic carbocycles. The molecule has 4 atom stereocenters. The summed E-state index contributed by atoms with van der Waals surface area (Å²) >= 11 is 0. The molecule has 8 rings (SSSR count). The molecule has 4 amide bonds. The third-order valence-electron chi connectivity index (χ3n) is 11.9. The number of aromatic nitrogens is 5. The minimum Gasteiger partial charge on any atom is -0.472 e. The fourth-order valence-electron chi connectivity index (χ4n) is 8.70. The van der Waals surface area contributed by atoms with Crippen LogP contribution in [-0.2, 0) is 25.8 Å². The number of nitrogens with one attached hydrogen (secondary N) is 4. The fraction of sp³-hybridized carbons (Fsp3) is 0.442. The summed E-state index contributed by atoms with van der Waals surface area (Å²) in [6, 6.07) is 9.11. The van der Waals surface area contributed by atoms with Gasteiger partial charge in [0.2, 0.25) is 11.8 Å². The highest BCUT2D eigenvalue weighted by Gasteiger charge is 2.39. The van der Waals surface area contributed by atoms with Gasteiger partial charge in [0, 0.05) is 35.2 Å². The van der Waals surface area contributed by atoms with E-state index in [0.29, 0.717) is 53.7 Å². The standard InChI is InChI=1S/C43H50FN9O7/c1-22(2)36(49-42(56)58-5)40(54)51-13-7-9-32(51)38-45-19-29(47-38)24-11-12-31-25(15-24)16-34-27-17-28(44)26(18-35(27)60-21-53(31)34)30-20-46-39(48-30)33-10-8-14-52(33)41(55)37(23(3)4)50-43(57)59-6/h11-12,15-20,22-23,32-33,36-37H,7-10,13-14,21H2,1-6H3,(H,45,47)(H,46,48)(H,49,56)(H,50,57)/t32-,33-,36-,37-/m0/s1. The lowest BCUT2D eigenvalue weighted by atomic mass is 10.0. The third kappa shape index (κ3) is 7.41. The summed E-state index contributed by atoms with van der Waals surface area (Å²) in [4.78, 5) is 70.8. The number of hydrogen-bond acceptors (Lipinski definition) is 9. The summed E-state index contributed by atoms with van der Waals surface area (Å²) in [7, 11) is 2.54. The molecule has 60 heavy (non-hydrogen) atoms. The van der Waals surface area contributed by atoms with E-state index >= 15 is 4.39 Å². The SMILES string of the molecule is COC(=O)N[C@H](C(=O)N1CCC[C@H]1c1ncc(-c2ccc3c(c2)cc2n3COc3cc(-c4cnc([C@@H]5CCCN5C(=O)[C@@H](NC(=O)OC)C(C)C)[nH]4)c(F)cc3-2)[nH]1)C(C)C. The first-order chi connectivity index (χ1) is 28.9. The maximum atomic E-state index is 16.1. The first kappa shape index (κ1) is 40.4. The highest BCUT2D eigenvalue weighted by atomic mass is 19.1. The Bertz CT molecular complexity index is 2450. The molecule has 17 heteroatoms. The van der Waals surface area contributed by atoms with Crippen molar-refractivity contribution < 1.29 is 37.8 Å². The first-order valence-corrected chi connectivity index (χ1v) is 20.4. The van der Waals surface area contributed by atoms with Gasteiger partial charge in [0.1, 0.15) is 35.3 Å². The number of amides is 4. The monoisotopic (exact) mass is 823 g/mol. The Labute approximate surface area is 346 Å². The van der Waals surface area contributed by atoms with Crippen LogP contribution in [0.15, 0.2) is 48.8 Å². The van der Waals surface area contributed by atoms with E-state index in [1.165, 1.54) is 20.3 Å². The predicted molar refractivity (Wildman–Crippen MR) is 219 cm³/mol. The zero-order valence-electron chi connectivity index (χ0n) is 34.5. The molecule has 2 aromatic carbocycles. The van der Waals surface area contributed by atoms with Gasteiger partial charge in [0.05, 0.1) is 61.3 Å². The van der Waals surface area contributed by atoms with Crippen molar-refractivity contribution in [3.8, 4) is 39.5 Å². The first-order valence-electron chi connectivity index (χ1n) is 20.4. The predicted octanol–water partition coefficient (Wildman–Crippen LogP) is 6.67. The van der Waals surface area contributed by atoms with Gasteiger partial charge in [-0.1, -0.05) is 33.8 Å². The van der Waals surface area contributed by atoms with Crippen LogP contribution in [-0.4, -0.2) is 97.7 Å². The summed E-state index contributed by atoms with van der Waals surface area (Å²) in [5, 5.41) is 6.28. The van der Waals surface area contributed by atoms with E-state index in [0.717, 1.165) is 47.1 Å². The lowest BCUT2D eigenvalue weighted by Gasteiger charge is -2.30. The van der Waals surface area contributed by atoms with Crippen molar-refractivity contribution in [3.05, 3.63) is 66.3 Å². The van der Waals surface area contributed by atoms with E-state index in [2.05, 4.69) is 25.6 Å². The number of methoxy groups -OCH3 is 2. The number of fused-ring (bicyclic) bond motifs is 5. The Balaban J connectivity index is 1.01. The highest BCUT2D eigenvalue weighted by molar-refractivity contribution is 5.92. The second kappa shape index (κ2) is 16.3. The van der Waals surface area contributed by atoms with Gasteiger partial charge < -0.3 is 49.2 Å². The van der Waals surface area contributed by atoms with Crippen LogP contribution in [0.4, 0.5) is 14.0 Å². The van der Waals surface area contributed by atoms with Crippen LogP contribution in [0.1, 0.15) is 77.1 Å². The van der Waals surface area contributed by atoms with Crippen molar-refractivity contribution in [2.75, 3.05) is 27.3 Å². The van der Waals surface area contributed by atoms with E-state index in [9.17, 15) is 19.2 Å². The maximum Gasteiger partial charge on any atom is 0.407 e. The maximum absolute atomic E-state index is 16.1. The number of carbonyl (C=O) groups is 4. The number of alkyl carbamates (subject to hydrolysis) is 2. The van der Waals surface area contributed by atoms with Crippen LogP contribution in [0.25, 0.3) is 44.7 Å². The molecular formula is C43H50FN9O7. The number of imidazole rings is 2. The smallest absolute Gasteiger partial charge is 0.407 e. The van der Waals surface area contributed by atoms with Gasteiger partial charge in [-0.05, 0) is 67.9 Å². The molecule has 0 saturated carbocycles. The van der Waals surface area contributed by atoms with Gasteiger partial charge in [0.15, 0.2) is 6.73 Å². The molecule has 5 aromatic rings. The lowest BCUT2D eigenvalue weighted by molar-refractivity contribution is -0.136. The van der Waals surface area contributed by atoms with Gasteiger partial charge in [-0.15, -0.1) is 0 Å². The quantitative estimate of drug-likeness (QED) is 0.119. The van der Waals surface area contributed by atoms with Crippen molar-refractivity contribution in [2.24, 2.45) is 11.8 Å². The largest absolute Gasteiger partial charge is 0.472 e. The van der Waals surface area contributed by atoms with Crippen LogP contribution in [0, 0.1) is 17.7 Å². The number of likely N-dealkylation sites (tertiary alicyclic amines) is 2. The molecule has 3 aliphatic heterocycles. The molecule has 0 spiro atoms. The normalized spacial score (nSPS) is 18.3. The van der Waals surface area contributed by atoms with Crippen molar-refractivity contribution in [1.29, 1.82) is 0 Å². The van der Waals surface area contributed by atoms with Gasteiger partial charge in [-0.2, -0.15) is 0 Å². The van der Waals surface area contributed by atoms with Crippen molar-refractivity contribution in [1.82, 2.24) is 44.9 Å². The number of rotatable bonds is 10. The molecule has 16 nitrogen and oxygen atoms in total. The van der Waals surface area contributed by atoms with E-state index < -0.39 is 30.1 Å². The molecular weight excluding hydrogens is 774 g/mol. The van der Waals surface area contributed by atoms with Crippen molar-refractivity contribution in [2.45, 2.75) is 84.3 Å². The molecule has 6 heterocycles. The summed E-state index contributed by atoms with van der Waals surface area (Å²) in [5.74, 6) is 0.576. The summed E-state index contributed by atoms with van der Waals surface area (Å²) in [6.45, 7) is 8.77. The Morgan fingerprint density at radius 1 is 0.783 bits per heavy atom. The number of hydrogen-bond donors (Lipinski definition) is 4. The van der Waals surface area contributed by atoms with Gasteiger partial charge >= 0.3 is 12.2 Å². The minimum absolute atomic E-state index is 0.137. The Kier molecular flexibility index (Phi) is 11.0. The van der Waals surface area contributed by atoms with Crippen LogP contribution < -0.4 is 15.4 Å². The zero-order valence-corrected chi connectivity index (χ0v) is 34.5.